The molecule has 0 aliphatic carbocycles. The van der Waals surface area contributed by atoms with Gasteiger partial charge in [-0.15, -0.1) is 0 Å². The third-order valence-corrected chi connectivity index (χ3v) is 8.17. The Hall–Kier alpha value is -1.26. The van der Waals surface area contributed by atoms with Gasteiger partial charge in [0.1, 0.15) is 11.0 Å². The molecule has 1 heterocycles. The molecule has 1 rings (SSSR count). The first-order chi connectivity index (χ1) is 15.9. The number of thioether (sulfide) groups is 1. The summed E-state index contributed by atoms with van der Waals surface area (Å²) in [4.78, 5) is 48.3. The maximum atomic E-state index is 12.0. The van der Waals surface area contributed by atoms with Gasteiger partial charge in [-0.2, -0.15) is 20.2 Å². The number of hydrogen-bond donors (Lipinski definition) is 1. The minimum atomic E-state index is -4.30. The maximum Gasteiger partial charge on any atom is 0.275 e. The second-order valence-electron chi connectivity index (χ2n) is 10.5. The van der Waals surface area contributed by atoms with Crippen molar-refractivity contribution >= 4 is 45.3 Å². The maximum absolute atomic E-state index is 12.0. The number of carbonyl (C=O) groups is 4. The van der Waals surface area contributed by atoms with Gasteiger partial charge in [-0.25, -0.2) is 0 Å². The van der Waals surface area contributed by atoms with Crippen molar-refractivity contribution in [1.29, 1.82) is 0 Å². The van der Waals surface area contributed by atoms with Crippen LogP contribution in [0.5, 0.6) is 0 Å². The Morgan fingerprint density at radius 2 is 1.54 bits per heavy atom. The van der Waals surface area contributed by atoms with Gasteiger partial charge in [0.25, 0.3) is 10.1 Å². The van der Waals surface area contributed by atoms with E-state index in [1.54, 1.807) is 25.6 Å². The molecule has 3 unspecified atom stereocenters. The molecule has 35 heavy (non-hydrogen) atoms. The summed E-state index contributed by atoms with van der Waals surface area (Å²) in [6.07, 6.45) is 1.52. The Morgan fingerprint density at radius 1 is 1.00 bits per heavy atom. The van der Waals surface area contributed by atoms with Crippen molar-refractivity contribution in [2.45, 2.75) is 104 Å². The normalized spacial score (nSPS) is 18.3. The van der Waals surface area contributed by atoms with Crippen molar-refractivity contribution in [3.05, 3.63) is 0 Å². The molecule has 0 aromatic heterocycles. The lowest BCUT2D eigenvalue weighted by atomic mass is 9.94. The molecule has 0 radical (unpaired) electrons. The average Bonchev–Trinajstić information content (AvgIpc) is 2.98. The van der Waals surface area contributed by atoms with Crippen molar-refractivity contribution in [3.63, 3.8) is 0 Å². The second kappa shape index (κ2) is 15.1. The van der Waals surface area contributed by atoms with Crippen LogP contribution in [0, 0.1) is 23.7 Å². The van der Waals surface area contributed by atoms with E-state index >= 15 is 0 Å². The SMILES string of the molecule is CC(C)C(=O)CCCN1C(=O)CC(C(C)C)C1=O.CC(C)SC(C)CC(C(=O)C(C)C)S(=O)(=O)O. The fourth-order valence-electron chi connectivity index (χ4n) is 3.74. The third kappa shape index (κ3) is 12.0. The van der Waals surface area contributed by atoms with Crippen molar-refractivity contribution in [3.8, 4) is 0 Å². The van der Waals surface area contributed by atoms with E-state index < -0.39 is 27.1 Å². The molecule has 3 atom stereocenters. The number of Topliss-reactive ketones (excluding diaryl/α,β-unsaturated/α-hetero) is 2. The monoisotopic (exact) mass is 535 g/mol. The molecule has 0 bridgehead atoms. The van der Waals surface area contributed by atoms with E-state index in [0.29, 0.717) is 31.1 Å². The molecule has 204 valence electrons. The fourth-order valence-corrected chi connectivity index (χ4v) is 6.19. The molecule has 0 aromatic carbocycles. The van der Waals surface area contributed by atoms with Crippen LogP contribution in [0.25, 0.3) is 0 Å². The number of rotatable bonds is 13. The molecule has 8 nitrogen and oxygen atoms in total. The van der Waals surface area contributed by atoms with E-state index in [0.717, 1.165) is 0 Å². The highest BCUT2D eigenvalue weighted by molar-refractivity contribution is 8.00. The molecule has 1 fully saturated rings. The highest BCUT2D eigenvalue weighted by atomic mass is 32.2. The van der Waals surface area contributed by atoms with Gasteiger partial charge in [-0.3, -0.25) is 28.6 Å². The van der Waals surface area contributed by atoms with E-state index in [2.05, 4.69) is 0 Å². The summed E-state index contributed by atoms with van der Waals surface area (Å²) in [6.45, 7) is 17.2. The summed E-state index contributed by atoms with van der Waals surface area (Å²) in [7, 11) is -4.30. The summed E-state index contributed by atoms with van der Waals surface area (Å²) < 4.78 is 31.6. The summed E-state index contributed by atoms with van der Waals surface area (Å²) in [6, 6.07) is 0. The van der Waals surface area contributed by atoms with E-state index in [-0.39, 0.29) is 47.0 Å². The van der Waals surface area contributed by atoms with Crippen LogP contribution in [0.15, 0.2) is 0 Å². The van der Waals surface area contributed by atoms with Crippen molar-refractivity contribution in [1.82, 2.24) is 4.90 Å². The van der Waals surface area contributed by atoms with Gasteiger partial charge in [0.05, 0.1) is 0 Å². The molecule has 0 saturated carbocycles. The summed E-state index contributed by atoms with van der Waals surface area (Å²) >= 11 is 1.60. The summed E-state index contributed by atoms with van der Waals surface area (Å²) in [5, 5.41) is -0.908. The second-order valence-corrected chi connectivity index (χ2v) is 14.1. The lowest BCUT2D eigenvalue weighted by molar-refractivity contribution is -0.140. The Kier molecular flexibility index (Phi) is 14.6. The molecule has 1 aliphatic heterocycles. The highest BCUT2D eigenvalue weighted by Gasteiger charge is 2.39. The van der Waals surface area contributed by atoms with Crippen LogP contribution in [0.4, 0.5) is 0 Å². The first-order valence-electron chi connectivity index (χ1n) is 12.4. The third-order valence-electron chi connectivity index (χ3n) is 5.83. The standard InChI is InChI=1S/C14H23NO3.C11H22O4S2/c1-9(2)11-8-13(17)15(14(11)18)7-5-6-12(16)10(3)4;1-7(2)11(12)10(17(13,14)15)6-9(5)16-8(3)4/h9-11H,5-8H2,1-4H3;7-10H,6H2,1-5H3,(H,13,14,15). The van der Waals surface area contributed by atoms with Crippen molar-refractivity contribution in [2.75, 3.05) is 6.54 Å². The van der Waals surface area contributed by atoms with Gasteiger partial charge in [0, 0.05) is 42.4 Å². The predicted molar refractivity (Wildman–Crippen MR) is 141 cm³/mol. The topological polar surface area (TPSA) is 126 Å². The number of likely N-dealkylation sites (tertiary alicyclic amines) is 1. The van der Waals surface area contributed by atoms with Crippen LogP contribution < -0.4 is 0 Å². The number of nitrogens with zero attached hydrogens (tertiary/aromatic N) is 1. The zero-order chi connectivity index (χ0) is 27.7. The van der Waals surface area contributed by atoms with Crippen molar-refractivity contribution in [2.24, 2.45) is 23.7 Å². The first kappa shape index (κ1) is 33.7. The van der Waals surface area contributed by atoms with E-state index in [1.807, 2.05) is 48.5 Å². The minimum absolute atomic E-state index is 0.0182. The van der Waals surface area contributed by atoms with Crippen LogP contribution in [-0.2, 0) is 29.3 Å². The largest absolute Gasteiger partial charge is 0.299 e. The zero-order valence-electron chi connectivity index (χ0n) is 22.7. The molecular weight excluding hydrogens is 490 g/mol. The van der Waals surface area contributed by atoms with Crippen LogP contribution in [-0.4, -0.2) is 63.5 Å². The summed E-state index contributed by atoms with van der Waals surface area (Å²) in [5.74, 6) is -0.709. The molecule has 1 N–H and O–H groups in total. The van der Waals surface area contributed by atoms with Crippen molar-refractivity contribution < 1.29 is 32.1 Å². The van der Waals surface area contributed by atoms with Gasteiger partial charge in [0.2, 0.25) is 11.8 Å². The van der Waals surface area contributed by atoms with Gasteiger partial charge >= 0.3 is 0 Å². The number of amides is 2. The van der Waals surface area contributed by atoms with Gasteiger partial charge < -0.3 is 0 Å². The van der Waals surface area contributed by atoms with Crippen LogP contribution in [0.1, 0.15) is 88.0 Å². The molecule has 10 heteroatoms. The number of ketones is 2. The van der Waals surface area contributed by atoms with Gasteiger partial charge in [-0.05, 0) is 24.0 Å². The van der Waals surface area contributed by atoms with Crippen LogP contribution in [0.3, 0.4) is 0 Å². The molecule has 0 spiro atoms. The summed E-state index contributed by atoms with van der Waals surface area (Å²) in [5.41, 5.74) is 0. The first-order valence-corrected chi connectivity index (χ1v) is 14.9. The fraction of sp³-hybridized carbons (Fsp3) is 0.840. The Bertz CT molecular complexity index is 835. The number of hydrogen-bond acceptors (Lipinski definition) is 7. The van der Waals surface area contributed by atoms with Gasteiger partial charge in [-0.1, -0.05) is 62.3 Å². The number of imide groups is 1. The molecule has 0 aromatic rings. The molecule has 1 aliphatic rings. The minimum Gasteiger partial charge on any atom is -0.299 e. The lowest BCUT2D eigenvalue weighted by Crippen LogP contribution is -2.35. The molecule has 2 amide bonds. The Labute approximate surface area is 216 Å². The van der Waals surface area contributed by atoms with Gasteiger partial charge in [0.15, 0.2) is 5.78 Å². The van der Waals surface area contributed by atoms with E-state index in [9.17, 15) is 27.6 Å². The van der Waals surface area contributed by atoms with Crippen LogP contribution in [0.2, 0.25) is 0 Å². The smallest absolute Gasteiger partial charge is 0.275 e. The Morgan fingerprint density at radius 3 is 1.91 bits per heavy atom. The Balaban J connectivity index is 0.000000662. The van der Waals surface area contributed by atoms with Crippen LogP contribution >= 0.6 is 11.8 Å². The average molecular weight is 536 g/mol. The van der Waals surface area contributed by atoms with E-state index in [1.165, 1.54) is 4.90 Å². The molecule has 1 saturated heterocycles. The quantitative estimate of drug-likeness (QED) is 0.271. The number of carbonyl (C=O) groups excluding carboxylic acids is 4. The lowest BCUT2D eigenvalue weighted by Gasteiger charge is -2.20. The zero-order valence-corrected chi connectivity index (χ0v) is 24.4. The highest BCUT2D eigenvalue weighted by Crippen LogP contribution is 2.27. The predicted octanol–water partition coefficient (Wildman–Crippen LogP) is 4.41. The van der Waals surface area contributed by atoms with E-state index in [4.69, 9.17) is 4.55 Å². The molecular formula is C25H45NO7S2.